The molecule has 4 nitrogen and oxygen atoms in total. The molecule has 0 saturated heterocycles. The normalized spacial score (nSPS) is 16.1. The van der Waals surface area contributed by atoms with E-state index in [4.69, 9.17) is 5.73 Å². The van der Waals surface area contributed by atoms with Crippen LogP contribution in [-0.2, 0) is 11.2 Å². The van der Waals surface area contributed by atoms with Gasteiger partial charge in [-0.1, -0.05) is 18.2 Å². The largest absolute Gasteiger partial charge is 0.366 e. The number of benzene rings is 2. The molecule has 0 saturated carbocycles. The van der Waals surface area contributed by atoms with E-state index in [0.29, 0.717) is 11.3 Å². The zero-order chi connectivity index (χ0) is 15.7. The zero-order valence-corrected chi connectivity index (χ0v) is 12.9. The van der Waals surface area contributed by atoms with Crippen LogP contribution in [0.25, 0.3) is 0 Å². The molecule has 0 spiro atoms. The number of carbonyl (C=O) groups excluding carboxylic acids is 2. The van der Waals surface area contributed by atoms with Crippen LogP contribution in [0, 0.1) is 6.92 Å². The summed E-state index contributed by atoms with van der Waals surface area (Å²) in [5.74, 6) is -0.552. The Kier molecular flexibility index (Phi) is 3.90. The van der Waals surface area contributed by atoms with Gasteiger partial charge in [-0.15, -0.1) is 11.8 Å². The first-order chi connectivity index (χ1) is 10.5. The van der Waals surface area contributed by atoms with Crippen molar-refractivity contribution < 1.29 is 9.59 Å². The van der Waals surface area contributed by atoms with E-state index in [1.807, 2.05) is 37.3 Å². The molecule has 3 rings (SSSR count). The first kappa shape index (κ1) is 14.7. The second-order valence-corrected chi connectivity index (χ2v) is 6.60. The first-order valence-corrected chi connectivity index (χ1v) is 7.88. The Balaban J connectivity index is 1.75. The predicted molar refractivity (Wildman–Crippen MR) is 88.1 cm³/mol. The fraction of sp³-hybridized carbons (Fsp3) is 0.176. The van der Waals surface area contributed by atoms with Gasteiger partial charge in [0.05, 0.1) is 5.25 Å². The Morgan fingerprint density at radius 3 is 2.73 bits per heavy atom. The average molecular weight is 312 g/mol. The predicted octanol–water partition coefficient (Wildman–Crippen LogP) is 2.75. The number of aryl methyl sites for hydroxylation is 1. The third-order valence-corrected chi connectivity index (χ3v) is 4.89. The maximum atomic E-state index is 12.4. The van der Waals surface area contributed by atoms with Crippen molar-refractivity contribution in [1.82, 2.24) is 0 Å². The Morgan fingerprint density at radius 1 is 1.23 bits per heavy atom. The van der Waals surface area contributed by atoms with Crippen molar-refractivity contribution in [2.24, 2.45) is 5.73 Å². The van der Waals surface area contributed by atoms with Crippen molar-refractivity contribution >= 4 is 29.3 Å². The number of carbonyl (C=O) groups is 2. The molecule has 3 N–H and O–H groups in total. The molecular weight excluding hydrogens is 296 g/mol. The van der Waals surface area contributed by atoms with Gasteiger partial charge in [0.2, 0.25) is 11.8 Å². The number of rotatable bonds is 3. The van der Waals surface area contributed by atoms with Crippen LogP contribution in [-0.4, -0.2) is 17.1 Å². The molecular formula is C17H16N2O2S. The lowest BCUT2D eigenvalue weighted by molar-refractivity contribution is -0.115. The van der Waals surface area contributed by atoms with Gasteiger partial charge in [-0.2, -0.15) is 0 Å². The van der Waals surface area contributed by atoms with E-state index in [9.17, 15) is 9.59 Å². The molecule has 1 aliphatic rings. The highest BCUT2D eigenvalue weighted by molar-refractivity contribution is 8.01. The molecule has 1 atom stereocenters. The highest BCUT2D eigenvalue weighted by Crippen LogP contribution is 2.37. The third-order valence-electron chi connectivity index (χ3n) is 3.57. The van der Waals surface area contributed by atoms with Crippen LogP contribution in [0.3, 0.4) is 0 Å². The van der Waals surface area contributed by atoms with Crippen LogP contribution >= 0.6 is 11.8 Å². The number of nitrogens with one attached hydrogen (secondary N) is 1. The lowest BCUT2D eigenvalue weighted by Gasteiger charge is -2.11. The number of thioether (sulfide) groups is 1. The molecule has 5 heteroatoms. The van der Waals surface area contributed by atoms with Crippen molar-refractivity contribution in [3.63, 3.8) is 0 Å². The molecule has 2 amide bonds. The van der Waals surface area contributed by atoms with Crippen LogP contribution in [0.15, 0.2) is 47.4 Å². The van der Waals surface area contributed by atoms with Gasteiger partial charge >= 0.3 is 0 Å². The summed E-state index contributed by atoms with van der Waals surface area (Å²) < 4.78 is 0. The number of fused-ring (bicyclic) bond motifs is 1. The summed E-state index contributed by atoms with van der Waals surface area (Å²) in [6.45, 7) is 1.86. The molecule has 1 unspecified atom stereocenters. The summed E-state index contributed by atoms with van der Waals surface area (Å²) in [6.07, 6.45) is 0.723. The number of primary amides is 1. The van der Waals surface area contributed by atoms with E-state index in [2.05, 4.69) is 5.32 Å². The Morgan fingerprint density at radius 2 is 2.00 bits per heavy atom. The van der Waals surface area contributed by atoms with Gasteiger partial charge in [0.25, 0.3) is 0 Å². The molecule has 1 heterocycles. The number of nitrogens with two attached hydrogens (primary N) is 1. The van der Waals surface area contributed by atoms with Gasteiger partial charge in [0.1, 0.15) is 0 Å². The minimum atomic E-state index is -0.498. The Bertz CT molecular complexity index is 733. The van der Waals surface area contributed by atoms with Crippen molar-refractivity contribution in [2.45, 2.75) is 23.5 Å². The summed E-state index contributed by atoms with van der Waals surface area (Å²) in [6, 6.07) is 13.2. The molecule has 2 aromatic carbocycles. The van der Waals surface area contributed by atoms with Gasteiger partial charge < -0.3 is 11.1 Å². The van der Waals surface area contributed by atoms with Gasteiger partial charge in [-0.3, -0.25) is 9.59 Å². The molecule has 112 valence electrons. The van der Waals surface area contributed by atoms with Crippen molar-refractivity contribution in [1.29, 1.82) is 0 Å². The fourth-order valence-electron chi connectivity index (χ4n) is 2.55. The van der Waals surface area contributed by atoms with E-state index in [1.165, 1.54) is 5.56 Å². The molecule has 22 heavy (non-hydrogen) atoms. The van der Waals surface area contributed by atoms with Crippen LogP contribution in [0.5, 0.6) is 0 Å². The molecule has 1 aliphatic heterocycles. The highest BCUT2D eigenvalue weighted by Gasteiger charge is 2.28. The SMILES string of the molecule is Cc1cc(NC(=O)C2Cc3ccccc3S2)cc(C(N)=O)c1. The monoisotopic (exact) mass is 312 g/mol. The van der Waals surface area contributed by atoms with Crippen LogP contribution in [0.1, 0.15) is 21.5 Å². The maximum Gasteiger partial charge on any atom is 0.248 e. The van der Waals surface area contributed by atoms with E-state index < -0.39 is 5.91 Å². The van der Waals surface area contributed by atoms with Crippen LogP contribution in [0.2, 0.25) is 0 Å². The number of hydrogen-bond donors (Lipinski definition) is 2. The Hall–Kier alpha value is -2.27. The van der Waals surface area contributed by atoms with Crippen molar-refractivity contribution in [3.8, 4) is 0 Å². The van der Waals surface area contributed by atoms with Crippen LogP contribution < -0.4 is 11.1 Å². The van der Waals surface area contributed by atoms with Crippen LogP contribution in [0.4, 0.5) is 5.69 Å². The minimum absolute atomic E-state index is 0.0535. The zero-order valence-electron chi connectivity index (χ0n) is 12.1. The molecule has 0 aliphatic carbocycles. The van der Waals surface area contributed by atoms with E-state index in [-0.39, 0.29) is 11.2 Å². The van der Waals surface area contributed by atoms with E-state index in [1.54, 1.807) is 23.9 Å². The smallest absolute Gasteiger partial charge is 0.248 e. The van der Waals surface area contributed by atoms with Crippen molar-refractivity contribution in [3.05, 3.63) is 59.2 Å². The molecule has 2 aromatic rings. The number of hydrogen-bond acceptors (Lipinski definition) is 3. The average Bonchev–Trinajstić information content (AvgIpc) is 2.90. The number of anilines is 1. The second-order valence-electron chi connectivity index (χ2n) is 5.36. The summed E-state index contributed by atoms with van der Waals surface area (Å²) in [5, 5.41) is 2.74. The Labute approximate surface area is 133 Å². The summed E-state index contributed by atoms with van der Waals surface area (Å²) >= 11 is 1.57. The lowest BCUT2D eigenvalue weighted by atomic mass is 10.1. The third kappa shape index (κ3) is 2.99. The molecule has 0 fully saturated rings. The number of amides is 2. The standard InChI is InChI=1S/C17H16N2O2S/c1-10-6-12(16(18)20)8-13(7-10)19-17(21)15-9-11-4-2-3-5-14(11)22-15/h2-8,15H,9H2,1H3,(H2,18,20)(H,19,21). The highest BCUT2D eigenvalue weighted by atomic mass is 32.2. The summed E-state index contributed by atoms with van der Waals surface area (Å²) in [4.78, 5) is 24.9. The van der Waals surface area contributed by atoms with Crippen molar-refractivity contribution in [2.75, 3.05) is 5.32 Å². The molecule has 0 radical (unpaired) electrons. The summed E-state index contributed by atoms with van der Waals surface area (Å²) in [7, 11) is 0. The van der Waals surface area contributed by atoms with E-state index in [0.717, 1.165) is 16.9 Å². The van der Waals surface area contributed by atoms with Gasteiger partial charge in [-0.05, 0) is 48.7 Å². The van der Waals surface area contributed by atoms with E-state index >= 15 is 0 Å². The maximum absolute atomic E-state index is 12.4. The summed E-state index contributed by atoms with van der Waals surface area (Å²) in [5.41, 5.74) is 8.40. The minimum Gasteiger partial charge on any atom is -0.366 e. The molecule has 0 aromatic heterocycles. The fourth-order valence-corrected chi connectivity index (χ4v) is 3.74. The van der Waals surface area contributed by atoms with Gasteiger partial charge in [-0.25, -0.2) is 0 Å². The second kappa shape index (κ2) is 5.85. The topological polar surface area (TPSA) is 72.2 Å². The first-order valence-electron chi connectivity index (χ1n) is 7.00. The van der Waals surface area contributed by atoms with Gasteiger partial charge in [0, 0.05) is 16.1 Å². The molecule has 0 bridgehead atoms. The lowest BCUT2D eigenvalue weighted by Crippen LogP contribution is -2.25. The van der Waals surface area contributed by atoms with Gasteiger partial charge in [0.15, 0.2) is 0 Å². The quantitative estimate of drug-likeness (QED) is 0.915.